The Bertz CT molecular complexity index is 912. The molecule has 3 aromatic rings. The van der Waals surface area contributed by atoms with Crippen LogP contribution in [0.4, 0.5) is 4.39 Å². The molecule has 0 atom stereocenters. The summed E-state index contributed by atoms with van der Waals surface area (Å²) >= 11 is 4.97. The highest BCUT2D eigenvalue weighted by atomic mass is 32.2. The summed E-state index contributed by atoms with van der Waals surface area (Å²) in [6.07, 6.45) is 0. The lowest BCUT2D eigenvalue weighted by Crippen LogP contribution is -2.25. The summed E-state index contributed by atoms with van der Waals surface area (Å²) in [6.45, 7) is 2.56. The van der Waals surface area contributed by atoms with Gasteiger partial charge in [0.1, 0.15) is 5.82 Å². The smallest absolute Gasteiger partial charge is 0.251 e. The molecule has 0 aliphatic carbocycles. The Kier molecular flexibility index (Phi) is 7.94. The third kappa shape index (κ3) is 6.36. The minimum atomic E-state index is -0.179. The van der Waals surface area contributed by atoms with Gasteiger partial charge in [-0.2, -0.15) is 11.8 Å². The number of halogens is 1. The highest BCUT2D eigenvalue weighted by molar-refractivity contribution is 7.98. The van der Waals surface area contributed by atoms with Crippen LogP contribution in [-0.4, -0.2) is 23.2 Å². The molecule has 1 heterocycles. The van der Waals surface area contributed by atoms with E-state index >= 15 is 0 Å². The number of amides is 1. The van der Waals surface area contributed by atoms with Gasteiger partial charge in [-0.15, -0.1) is 23.1 Å². The Balaban J connectivity index is 1.37. The van der Waals surface area contributed by atoms with Crippen LogP contribution in [0.25, 0.3) is 0 Å². The maximum atomic E-state index is 13.5. The summed E-state index contributed by atoms with van der Waals surface area (Å²) in [6, 6.07) is 14.4. The van der Waals surface area contributed by atoms with Crippen molar-refractivity contribution in [1.29, 1.82) is 0 Å². The van der Waals surface area contributed by atoms with Crippen LogP contribution in [0.15, 0.2) is 58.8 Å². The number of thioether (sulfide) groups is 2. The third-order valence-electron chi connectivity index (χ3n) is 3.92. The molecule has 1 N–H and O–H groups in total. The zero-order valence-corrected chi connectivity index (χ0v) is 17.9. The Hall–Kier alpha value is -1.83. The number of thiazole rings is 1. The van der Waals surface area contributed by atoms with Gasteiger partial charge in [-0.25, -0.2) is 9.37 Å². The summed E-state index contributed by atoms with van der Waals surface area (Å²) in [5.41, 5.74) is 2.43. The third-order valence-corrected chi connectivity index (χ3v) is 6.79. The Morgan fingerprint density at radius 3 is 2.64 bits per heavy atom. The molecule has 0 bridgehead atoms. The van der Waals surface area contributed by atoms with Crippen molar-refractivity contribution in [2.24, 2.45) is 0 Å². The van der Waals surface area contributed by atoms with E-state index in [4.69, 9.17) is 0 Å². The SMILES string of the molecule is Cc1nc(CSc2ccc(C(=O)NCCSCc3ccccc3F)cc2)cs1. The zero-order valence-electron chi connectivity index (χ0n) is 15.5. The quantitative estimate of drug-likeness (QED) is 0.356. The van der Waals surface area contributed by atoms with E-state index in [0.717, 1.165) is 27.1 Å². The van der Waals surface area contributed by atoms with E-state index in [2.05, 4.69) is 15.7 Å². The number of nitrogens with zero attached hydrogens (tertiary/aromatic N) is 1. The average molecular weight is 433 g/mol. The van der Waals surface area contributed by atoms with Gasteiger partial charge in [-0.1, -0.05) is 18.2 Å². The first-order valence-electron chi connectivity index (χ1n) is 8.85. The highest BCUT2D eigenvalue weighted by Gasteiger charge is 2.06. The topological polar surface area (TPSA) is 42.0 Å². The van der Waals surface area contributed by atoms with E-state index in [-0.39, 0.29) is 11.7 Å². The van der Waals surface area contributed by atoms with Crippen molar-refractivity contribution in [3.05, 3.63) is 81.6 Å². The van der Waals surface area contributed by atoms with E-state index in [1.54, 1.807) is 47.0 Å². The van der Waals surface area contributed by atoms with Crippen LogP contribution in [0, 0.1) is 12.7 Å². The average Bonchev–Trinajstić information content (AvgIpc) is 3.13. The second-order valence-corrected chi connectivity index (χ2v) is 9.29. The molecule has 146 valence electrons. The molecule has 0 aliphatic rings. The number of carbonyl (C=O) groups excluding carboxylic acids is 1. The molecule has 0 fully saturated rings. The fraction of sp³-hybridized carbons (Fsp3) is 0.238. The van der Waals surface area contributed by atoms with Crippen LogP contribution in [0.1, 0.15) is 26.6 Å². The standard InChI is InChI=1S/C21H21FN2OS3/c1-15-24-18(13-27-15)14-28-19-8-6-16(7-9-19)21(25)23-10-11-26-12-17-4-2-3-5-20(17)22/h2-9,13H,10-12,14H2,1H3,(H,23,25). The van der Waals surface area contributed by atoms with E-state index in [9.17, 15) is 9.18 Å². The molecule has 0 saturated carbocycles. The van der Waals surface area contributed by atoms with Crippen molar-refractivity contribution >= 4 is 40.8 Å². The fourth-order valence-corrected chi connectivity index (χ4v) is 4.82. The Morgan fingerprint density at radius 2 is 1.93 bits per heavy atom. The second-order valence-electron chi connectivity index (χ2n) is 6.07. The molecule has 0 aliphatic heterocycles. The molecule has 0 saturated heterocycles. The molecule has 3 nitrogen and oxygen atoms in total. The van der Waals surface area contributed by atoms with E-state index < -0.39 is 0 Å². The van der Waals surface area contributed by atoms with Gasteiger partial charge < -0.3 is 5.32 Å². The molecule has 28 heavy (non-hydrogen) atoms. The molecule has 7 heteroatoms. The maximum absolute atomic E-state index is 13.5. The van der Waals surface area contributed by atoms with Crippen LogP contribution >= 0.6 is 34.9 Å². The first kappa shape index (κ1) is 20.9. The minimum Gasteiger partial charge on any atom is -0.351 e. The van der Waals surface area contributed by atoms with Gasteiger partial charge in [-0.05, 0) is 42.8 Å². The number of aromatic nitrogens is 1. The van der Waals surface area contributed by atoms with E-state index in [0.29, 0.717) is 23.4 Å². The number of hydrogen-bond acceptors (Lipinski definition) is 5. The largest absolute Gasteiger partial charge is 0.351 e. The number of nitrogens with one attached hydrogen (secondary N) is 1. The lowest BCUT2D eigenvalue weighted by atomic mass is 10.2. The summed E-state index contributed by atoms with van der Waals surface area (Å²) in [5, 5.41) is 6.07. The van der Waals surface area contributed by atoms with Crippen molar-refractivity contribution in [2.75, 3.05) is 12.3 Å². The van der Waals surface area contributed by atoms with Gasteiger partial charge >= 0.3 is 0 Å². The van der Waals surface area contributed by atoms with E-state index in [1.807, 2.05) is 37.3 Å². The molecule has 1 amide bonds. The van der Waals surface area contributed by atoms with Crippen molar-refractivity contribution in [3.63, 3.8) is 0 Å². The van der Waals surface area contributed by atoms with Crippen molar-refractivity contribution in [2.45, 2.75) is 23.3 Å². The highest BCUT2D eigenvalue weighted by Crippen LogP contribution is 2.24. The van der Waals surface area contributed by atoms with Gasteiger partial charge in [-0.3, -0.25) is 4.79 Å². The Morgan fingerprint density at radius 1 is 1.14 bits per heavy atom. The number of rotatable bonds is 9. The molecule has 0 radical (unpaired) electrons. The molecule has 0 spiro atoms. The van der Waals surface area contributed by atoms with E-state index in [1.165, 1.54) is 6.07 Å². The normalized spacial score (nSPS) is 10.8. The molecular weight excluding hydrogens is 411 g/mol. The molecular formula is C21H21FN2OS3. The summed E-state index contributed by atoms with van der Waals surface area (Å²) < 4.78 is 13.5. The number of aryl methyl sites for hydroxylation is 1. The molecule has 1 aromatic heterocycles. The van der Waals surface area contributed by atoms with Crippen molar-refractivity contribution in [1.82, 2.24) is 10.3 Å². The number of carbonyl (C=O) groups is 1. The number of hydrogen-bond donors (Lipinski definition) is 1. The number of benzene rings is 2. The second kappa shape index (κ2) is 10.6. The van der Waals surface area contributed by atoms with Gasteiger partial charge in [0, 0.05) is 39.6 Å². The lowest BCUT2D eigenvalue weighted by molar-refractivity contribution is 0.0956. The molecule has 2 aromatic carbocycles. The van der Waals surface area contributed by atoms with Gasteiger partial charge in [0.15, 0.2) is 0 Å². The Labute approximate surface area is 177 Å². The summed E-state index contributed by atoms with van der Waals surface area (Å²) in [7, 11) is 0. The van der Waals surface area contributed by atoms with Crippen LogP contribution in [0.5, 0.6) is 0 Å². The summed E-state index contributed by atoms with van der Waals surface area (Å²) in [4.78, 5) is 17.8. The van der Waals surface area contributed by atoms with Crippen LogP contribution in [-0.2, 0) is 11.5 Å². The van der Waals surface area contributed by atoms with Crippen LogP contribution < -0.4 is 5.32 Å². The van der Waals surface area contributed by atoms with Gasteiger partial charge in [0.05, 0.1) is 10.7 Å². The molecule has 3 rings (SSSR count). The first-order valence-corrected chi connectivity index (χ1v) is 11.9. The van der Waals surface area contributed by atoms with Gasteiger partial charge in [0.25, 0.3) is 5.91 Å². The fourth-order valence-electron chi connectivity index (χ4n) is 2.47. The summed E-state index contributed by atoms with van der Waals surface area (Å²) in [5.74, 6) is 1.91. The van der Waals surface area contributed by atoms with Gasteiger partial charge in [0.2, 0.25) is 0 Å². The van der Waals surface area contributed by atoms with Crippen LogP contribution in [0.2, 0.25) is 0 Å². The first-order chi connectivity index (χ1) is 13.6. The predicted octanol–water partition coefficient (Wildman–Crippen LogP) is 5.55. The minimum absolute atomic E-state index is 0.0850. The zero-order chi connectivity index (χ0) is 19.8. The van der Waals surface area contributed by atoms with Crippen molar-refractivity contribution < 1.29 is 9.18 Å². The predicted molar refractivity (Wildman–Crippen MR) is 118 cm³/mol. The maximum Gasteiger partial charge on any atom is 0.251 e. The molecule has 0 unspecified atom stereocenters. The monoisotopic (exact) mass is 432 g/mol. The van der Waals surface area contributed by atoms with Crippen molar-refractivity contribution in [3.8, 4) is 0 Å². The van der Waals surface area contributed by atoms with Crippen LogP contribution in [0.3, 0.4) is 0 Å². The lowest BCUT2D eigenvalue weighted by Gasteiger charge is -2.07.